The number of hydrogen-bond donors (Lipinski definition) is 2. The third-order valence-corrected chi connectivity index (χ3v) is 7.13. The van der Waals surface area contributed by atoms with Crippen molar-refractivity contribution >= 4 is 33.8 Å². The standard InChI is InChI=1S/C21H23NO2S2/c22-26(23,24)20-6-2-1-5-17(20)19-14-21(11-3-4-12-21)13-18(19)15-7-9-16(25)10-8-15/h1-2,5-10,25H,3-4,11-14H2,(H2,22,23,24). The minimum absolute atomic E-state index is 0.230. The second kappa shape index (κ2) is 6.55. The molecule has 2 aliphatic carbocycles. The lowest BCUT2D eigenvalue weighted by molar-refractivity contribution is 0.329. The van der Waals surface area contributed by atoms with Gasteiger partial charge in [0.15, 0.2) is 0 Å². The molecular formula is C21H23NO2S2. The van der Waals surface area contributed by atoms with Gasteiger partial charge in [-0.15, -0.1) is 12.6 Å². The van der Waals surface area contributed by atoms with E-state index >= 15 is 0 Å². The highest BCUT2D eigenvalue weighted by molar-refractivity contribution is 7.89. The summed E-state index contributed by atoms with van der Waals surface area (Å²) in [7, 11) is -3.76. The molecule has 2 N–H and O–H groups in total. The zero-order valence-corrected chi connectivity index (χ0v) is 16.3. The van der Waals surface area contributed by atoms with Gasteiger partial charge in [0.2, 0.25) is 10.0 Å². The molecule has 0 radical (unpaired) electrons. The molecule has 0 saturated heterocycles. The maximum atomic E-state index is 12.2. The first-order valence-corrected chi connectivity index (χ1v) is 11.0. The summed E-state index contributed by atoms with van der Waals surface area (Å²) in [6, 6.07) is 15.3. The third-order valence-electron chi connectivity index (χ3n) is 5.87. The molecular weight excluding hydrogens is 362 g/mol. The highest BCUT2D eigenvalue weighted by Gasteiger charge is 2.42. The molecule has 1 fully saturated rings. The normalized spacial score (nSPS) is 19.5. The van der Waals surface area contributed by atoms with Crippen LogP contribution in [0.25, 0.3) is 11.1 Å². The fraction of sp³-hybridized carbons (Fsp3) is 0.333. The molecule has 4 rings (SSSR count). The van der Waals surface area contributed by atoms with Gasteiger partial charge in [-0.1, -0.05) is 43.2 Å². The molecule has 0 unspecified atom stereocenters. The molecule has 0 heterocycles. The Labute approximate surface area is 160 Å². The molecule has 1 saturated carbocycles. The lowest BCUT2D eigenvalue weighted by atomic mass is 9.81. The van der Waals surface area contributed by atoms with Crippen molar-refractivity contribution in [3.63, 3.8) is 0 Å². The predicted octanol–water partition coefficient (Wildman–Crippen LogP) is 4.89. The monoisotopic (exact) mass is 385 g/mol. The van der Waals surface area contributed by atoms with Crippen LogP contribution in [-0.2, 0) is 10.0 Å². The molecule has 26 heavy (non-hydrogen) atoms. The maximum Gasteiger partial charge on any atom is 0.238 e. The summed E-state index contributed by atoms with van der Waals surface area (Å²) in [5, 5.41) is 5.51. The van der Waals surface area contributed by atoms with E-state index in [1.165, 1.54) is 31.3 Å². The van der Waals surface area contributed by atoms with Gasteiger partial charge in [0, 0.05) is 4.90 Å². The van der Waals surface area contributed by atoms with Gasteiger partial charge in [0.1, 0.15) is 0 Å². The van der Waals surface area contributed by atoms with Crippen LogP contribution < -0.4 is 5.14 Å². The Morgan fingerprint density at radius 2 is 1.50 bits per heavy atom. The molecule has 0 amide bonds. The van der Waals surface area contributed by atoms with E-state index in [0.717, 1.165) is 34.4 Å². The van der Waals surface area contributed by atoms with Crippen LogP contribution >= 0.6 is 12.6 Å². The van der Waals surface area contributed by atoms with Crippen molar-refractivity contribution in [2.45, 2.75) is 48.3 Å². The zero-order valence-electron chi connectivity index (χ0n) is 14.6. The summed E-state index contributed by atoms with van der Waals surface area (Å²) in [6.45, 7) is 0. The number of sulfonamides is 1. The van der Waals surface area contributed by atoms with E-state index in [4.69, 9.17) is 5.14 Å². The van der Waals surface area contributed by atoms with Gasteiger partial charge >= 0.3 is 0 Å². The van der Waals surface area contributed by atoms with E-state index in [-0.39, 0.29) is 10.3 Å². The largest absolute Gasteiger partial charge is 0.238 e. The quantitative estimate of drug-likeness (QED) is 0.739. The van der Waals surface area contributed by atoms with Crippen LogP contribution in [0.3, 0.4) is 0 Å². The Kier molecular flexibility index (Phi) is 4.49. The highest BCUT2D eigenvalue weighted by Crippen LogP contribution is 2.58. The molecule has 5 heteroatoms. The van der Waals surface area contributed by atoms with Crippen LogP contribution in [0.15, 0.2) is 58.3 Å². The predicted molar refractivity (Wildman–Crippen MR) is 108 cm³/mol. The number of benzene rings is 2. The lowest BCUT2D eigenvalue weighted by Crippen LogP contribution is -2.15. The van der Waals surface area contributed by atoms with Crippen LogP contribution in [0, 0.1) is 5.41 Å². The molecule has 0 aromatic heterocycles. The number of primary sulfonamides is 1. The van der Waals surface area contributed by atoms with Crippen LogP contribution in [0.1, 0.15) is 49.7 Å². The van der Waals surface area contributed by atoms with E-state index in [1.54, 1.807) is 12.1 Å². The van der Waals surface area contributed by atoms with E-state index in [2.05, 4.69) is 24.8 Å². The molecule has 1 spiro atoms. The third kappa shape index (κ3) is 3.24. The first-order valence-electron chi connectivity index (χ1n) is 9.02. The van der Waals surface area contributed by atoms with Crippen molar-refractivity contribution in [2.75, 3.05) is 0 Å². The number of hydrogen-bond acceptors (Lipinski definition) is 3. The van der Waals surface area contributed by atoms with E-state index in [0.29, 0.717) is 0 Å². The summed E-state index contributed by atoms with van der Waals surface area (Å²) < 4.78 is 24.3. The molecule has 2 aromatic rings. The fourth-order valence-electron chi connectivity index (χ4n) is 4.67. The van der Waals surface area contributed by atoms with Crippen LogP contribution in [-0.4, -0.2) is 8.42 Å². The molecule has 2 aliphatic rings. The second-order valence-electron chi connectivity index (χ2n) is 7.61. The first-order chi connectivity index (χ1) is 12.4. The van der Waals surface area contributed by atoms with Crippen molar-refractivity contribution in [2.24, 2.45) is 10.6 Å². The van der Waals surface area contributed by atoms with Gasteiger partial charge in [-0.3, -0.25) is 0 Å². The zero-order chi connectivity index (χ0) is 18.4. The molecule has 2 aromatic carbocycles. The molecule has 0 atom stereocenters. The number of rotatable bonds is 3. The van der Waals surface area contributed by atoms with Crippen molar-refractivity contribution in [1.29, 1.82) is 0 Å². The number of nitrogens with two attached hydrogens (primary N) is 1. The van der Waals surface area contributed by atoms with Gasteiger partial charge in [-0.05, 0) is 71.6 Å². The summed E-state index contributed by atoms with van der Waals surface area (Å²) in [6.07, 6.45) is 6.87. The van der Waals surface area contributed by atoms with E-state index in [1.807, 2.05) is 24.3 Å². The smallest absolute Gasteiger partial charge is 0.225 e. The molecule has 0 aliphatic heterocycles. The van der Waals surface area contributed by atoms with E-state index in [9.17, 15) is 8.42 Å². The summed E-state index contributed by atoms with van der Waals surface area (Å²) in [5.74, 6) is 0. The Morgan fingerprint density at radius 1 is 0.885 bits per heavy atom. The van der Waals surface area contributed by atoms with Crippen molar-refractivity contribution in [3.05, 3.63) is 59.7 Å². The maximum absolute atomic E-state index is 12.2. The molecule has 136 valence electrons. The Hall–Kier alpha value is -1.56. The van der Waals surface area contributed by atoms with Gasteiger partial charge in [0.05, 0.1) is 4.90 Å². The average molecular weight is 386 g/mol. The fourth-order valence-corrected chi connectivity index (χ4v) is 5.58. The van der Waals surface area contributed by atoms with Gasteiger partial charge in [-0.25, -0.2) is 13.6 Å². The van der Waals surface area contributed by atoms with E-state index < -0.39 is 10.0 Å². The van der Waals surface area contributed by atoms with Crippen molar-refractivity contribution < 1.29 is 8.42 Å². The first kappa shape index (κ1) is 17.8. The van der Waals surface area contributed by atoms with Gasteiger partial charge in [-0.2, -0.15) is 0 Å². The summed E-state index contributed by atoms with van der Waals surface area (Å²) in [4.78, 5) is 1.16. The van der Waals surface area contributed by atoms with Crippen LogP contribution in [0.2, 0.25) is 0 Å². The lowest BCUT2D eigenvalue weighted by Gasteiger charge is -2.23. The van der Waals surface area contributed by atoms with Gasteiger partial charge < -0.3 is 0 Å². The Bertz CT molecular complexity index is 969. The number of thiol groups is 1. The van der Waals surface area contributed by atoms with Crippen LogP contribution in [0.5, 0.6) is 0 Å². The van der Waals surface area contributed by atoms with Crippen molar-refractivity contribution in [1.82, 2.24) is 0 Å². The minimum atomic E-state index is -3.76. The van der Waals surface area contributed by atoms with Crippen LogP contribution in [0.4, 0.5) is 0 Å². The topological polar surface area (TPSA) is 60.2 Å². The molecule has 0 bridgehead atoms. The second-order valence-corrected chi connectivity index (χ2v) is 9.65. The Morgan fingerprint density at radius 3 is 2.15 bits per heavy atom. The average Bonchev–Trinajstić information content (AvgIpc) is 3.22. The summed E-state index contributed by atoms with van der Waals surface area (Å²) >= 11 is 4.39. The minimum Gasteiger partial charge on any atom is -0.225 e. The number of allylic oxidation sites excluding steroid dienone is 2. The Balaban J connectivity index is 1.90. The van der Waals surface area contributed by atoms with Crippen molar-refractivity contribution in [3.8, 4) is 0 Å². The molecule has 3 nitrogen and oxygen atoms in total. The summed E-state index contributed by atoms with van der Waals surface area (Å²) in [5.41, 5.74) is 4.60. The SMILES string of the molecule is NS(=O)(=O)c1ccccc1C1=C(c2ccc(S)cc2)CC2(CCCC2)C1. The van der Waals surface area contributed by atoms with Gasteiger partial charge in [0.25, 0.3) is 0 Å². The highest BCUT2D eigenvalue weighted by atomic mass is 32.2.